The average molecular weight is 439 g/mol. The van der Waals surface area contributed by atoms with E-state index in [1.54, 1.807) is 12.1 Å². The van der Waals surface area contributed by atoms with Crippen LogP contribution in [0, 0.1) is 17.7 Å². The van der Waals surface area contributed by atoms with Crippen LogP contribution in [0.5, 0.6) is 0 Å². The number of hydrogen-bond acceptors (Lipinski definition) is 2. The largest absolute Gasteiger partial charge is 0.349 e. The van der Waals surface area contributed by atoms with Crippen molar-refractivity contribution in [3.8, 4) is 0 Å². The Morgan fingerprint density at radius 2 is 1.77 bits per heavy atom. The Morgan fingerprint density at radius 1 is 1.06 bits per heavy atom. The monoisotopic (exact) mass is 438 g/mol. The average Bonchev–Trinajstić information content (AvgIpc) is 2.78. The fraction of sp³-hybridized carbons (Fsp3) is 0.385. The van der Waals surface area contributed by atoms with Gasteiger partial charge in [0.15, 0.2) is 0 Å². The molecular weight excluding hydrogens is 411 g/mol. The van der Waals surface area contributed by atoms with E-state index in [9.17, 15) is 9.18 Å². The van der Waals surface area contributed by atoms with Crippen molar-refractivity contribution in [1.29, 1.82) is 0 Å². The van der Waals surface area contributed by atoms with Gasteiger partial charge < -0.3 is 5.32 Å². The molecule has 3 aromatic rings. The molecule has 162 valence electrons. The summed E-state index contributed by atoms with van der Waals surface area (Å²) in [5, 5.41) is 4.76. The molecule has 1 aliphatic carbocycles. The van der Waals surface area contributed by atoms with Crippen molar-refractivity contribution in [2.45, 2.75) is 51.5 Å². The summed E-state index contributed by atoms with van der Waals surface area (Å²) in [4.78, 5) is 17.2. The zero-order chi connectivity index (χ0) is 22.0. The number of amides is 1. The van der Waals surface area contributed by atoms with E-state index in [1.807, 2.05) is 50.4 Å². The molecule has 1 heterocycles. The molecule has 0 radical (unpaired) electrons. The molecule has 1 N–H and O–H groups in total. The Balaban J connectivity index is 1.38. The highest BCUT2D eigenvalue weighted by Gasteiger charge is 2.30. The van der Waals surface area contributed by atoms with Gasteiger partial charge in [-0.1, -0.05) is 30.7 Å². The van der Waals surface area contributed by atoms with Gasteiger partial charge in [-0.2, -0.15) is 0 Å². The molecule has 3 nitrogen and oxygen atoms in total. The first-order chi connectivity index (χ1) is 14.9. The summed E-state index contributed by atoms with van der Waals surface area (Å²) in [5.74, 6) is 0.575. The minimum absolute atomic E-state index is 0.0395. The van der Waals surface area contributed by atoms with Crippen LogP contribution in [0.25, 0.3) is 10.9 Å². The highest BCUT2D eigenvalue weighted by atomic mass is 35.5. The number of nitrogens with zero attached hydrogens (tertiary/aromatic N) is 1. The molecule has 0 saturated heterocycles. The zero-order valence-electron chi connectivity index (χ0n) is 17.9. The minimum Gasteiger partial charge on any atom is -0.349 e. The molecular formula is C26H28ClFN2O. The smallest absolute Gasteiger partial charge is 0.223 e. The lowest BCUT2D eigenvalue weighted by molar-refractivity contribution is -0.127. The Kier molecular flexibility index (Phi) is 6.57. The molecule has 4 rings (SSSR count). The highest BCUT2D eigenvalue weighted by Crippen LogP contribution is 2.40. The lowest BCUT2D eigenvalue weighted by Gasteiger charge is -2.33. The van der Waals surface area contributed by atoms with Crippen molar-refractivity contribution in [3.63, 3.8) is 0 Å². The number of halogens is 2. The molecule has 0 spiro atoms. The quantitative estimate of drug-likeness (QED) is 0.475. The van der Waals surface area contributed by atoms with Gasteiger partial charge in [0.2, 0.25) is 5.91 Å². The summed E-state index contributed by atoms with van der Waals surface area (Å²) >= 11 is 5.96. The maximum absolute atomic E-state index is 13.8. The Morgan fingerprint density at radius 3 is 2.48 bits per heavy atom. The van der Waals surface area contributed by atoms with Gasteiger partial charge in [0.05, 0.1) is 11.6 Å². The molecule has 1 saturated carbocycles. The zero-order valence-corrected chi connectivity index (χ0v) is 18.7. The van der Waals surface area contributed by atoms with Crippen LogP contribution in [-0.4, -0.2) is 10.9 Å². The number of carbonyl (C=O) groups excluding carboxylic acids is 1. The lowest BCUT2D eigenvalue weighted by atomic mass is 9.73. The van der Waals surface area contributed by atoms with Crippen molar-refractivity contribution >= 4 is 28.4 Å². The number of pyridine rings is 1. The first-order valence-electron chi connectivity index (χ1n) is 11.0. The predicted molar refractivity (Wildman–Crippen MR) is 124 cm³/mol. The molecule has 0 aliphatic heterocycles. The van der Waals surface area contributed by atoms with E-state index in [-0.39, 0.29) is 23.7 Å². The third-order valence-electron chi connectivity index (χ3n) is 6.80. The van der Waals surface area contributed by atoms with Crippen LogP contribution >= 0.6 is 11.6 Å². The SMILES string of the molecule is CC(NC(=O)C(C)[C@H]1CC[C@@H](c2ccnc3ccc(F)cc32)CC1)c1ccc(Cl)cc1. The summed E-state index contributed by atoms with van der Waals surface area (Å²) in [7, 11) is 0. The van der Waals surface area contributed by atoms with Crippen molar-refractivity contribution in [2.75, 3.05) is 0 Å². The number of fused-ring (bicyclic) bond motifs is 1. The Bertz CT molecular complexity index is 1060. The number of rotatable bonds is 5. The van der Waals surface area contributed by atoms with Gasteiger partial charge in [0.1, 0.15) is 5.82 Å². The van der Waals surface area contributed by atoms with Crippen LogP contribution in [0.3, 0.4) is 0 Å². The van der Waals surface area contributed by atoms with Gasteiger partial charge in [0, 0.05) is 22.5 Å². The van der Waals surface area contributed by atoms with Crippen LogP contribution < -0.4 is 5.32 Å². The molecule has 2 aromatic carbocycles. The Labute approximate surface area is 188 Å². The molecule has 2 atom stereocenters. The maximum Gasteiger partial charge on any atom is 0.223 e. The van der Waals surface area contributed by atoms with E-state index >= 15 is 0 Å². The molecule has 1 fully saturated rings. The minimum atomic E-state index is -0.226. The maximum atomic E-state index is 13.8. The summed E-state index contributed by atoms with van der Waals surface area (Å²) < 4.78 is 13.8. The van der Waals surface area contributed by atoms with E-state index in [4.69, 9.17) is 11.6 Å². The second-order valence-corrected chi connectivity index (χ2v) is 9.18. The van der Waals surface area contributed by atoms with Crippen molar-refractivity contribution < 1.29 is 9.18 Å². The molecule has 31 heavy (non-hydrogen) atoms. The molecule has 5 heteroatoms. The first kappa shape index (κ1) is 21.8. The molecule has 1 aliphatic rings. The molecule has 1 amide bonds. The topological polar surface area (TPSA) is 42.0 Å². The van der Waals surface area contributed by atoms with Gasteiger partial charge in [-0.05, 0) is 92.0 Å². The third-order valence-corrected chi connectivity index (χ3v) is 7.05. The standard InChI is InChI=1S/C26H28ClFN2O/c1-16(26(31)30-17(2)19-7-9-21(27)10-8-19)18-3-5-20(6-4-18)23-13-14-29-25-12-11-22(28)15-24(23)25/h7-18,20H,3-6H2,1-2H3,(H,30,31)/t16?,17?,18-,20+. The second kappa shape index (κ2) is 9.35. The van der Waals surface area contributed by atoms with E-state index in [0.717, 1.165) is 42.1 Å². The fourth-order valence-corrected chi connectivity index (χ4v) is 4.95. The normalized spacial score (nSPS) is 20.9. The van der Waals surface area contributed by atoms with Crippen molar-refractivity contribution in [1.82, 2.24) is 10.3 Å². The summed E-state index contributed by atoms with van der Waals surface area (Å²) in [5.41, 5.74) is 3.06. The van der Waals surface area contributed by atoms with Gasteiger partial charge in [-0.25, -0.2) is 4.39 Å². The van der Waals surface area contributed by atoms with Crippen LogP contribution in [0.2, 0.25) is 5.02 Å². The predicted octanol–water partition coefficient (Wildman–Crippen LogP) is 6.81. The first-order valence-corrected chi connectivity index (χ1v) is 11.4. The van der Waals surface area contributed by atoms with Crippen LogP contribution in [0.15, 0.2) is 54.7 Å². The third kappa shape index (κ3) is 4.90. The van der Waals surface area contributed by atoms with Gasteiger partial charge in [0.25, 0.3) is 0 Å². The van der Waals surface area contributed by atoms with Gasteiger partial charge in [-0.3, -0.25) is 9.78 Å². The number of carbonyl (C=O) groups is 1. The van der Waals surface area contributed by atoms with Gasteiger partial charge >= 0.3 is 0 Å². The molecule has 0 bridgehead atoms. The number of benzene rings is 2. The van der Waals surface area contributed by atoms with Crippen LogP contribution in [-0.2, 0) is 4.79 Å². The number of hydrogen-bond donors (Lipinski definition) is 1. The van der Waals surface area contributed by atoms with E-state index in [2.05, 4.69) is 10.3 Å². The Hall–Kier alpha value is -2.46. The number of aromatic nitrogens is 1. The van der Waals surface area contributed by atoms with Crippen molar-refractivity contribution in [3.05, 3.63) is 76.7 Å². The molecule has 2 unspecified atom stereocenters. The fourth-order valence-electron chi connectivity index (χ4n) is 4.82. The highest BCUT2D eigenvalue weighted by molar-refractivity contribution is 6.30. The van der Waals surface area contributed by atoms with Crippen molar-refractivity contribution in [2.24, 2.45) is 11.8 Å². The van der Waals surface area contributed by atoms with E-state index in [1.165, 1.54) is 11.6 Å². The summed E-state index contributed by atoms with van der Waals surface area (Å²) in [6.45, 7) is 4.03. The number of nitrogens with one attached hydrogen (secondary N) is 1. The second-order valence-electron chi connectivity index (χ2n) is 8.74. The van der Waals surface area contributed by atoms with Crippen LogP contribution in [0.4, 0.5) is 4.39 Å². The van der Waals surface area contributed by atoms with Gasteiger partial charge in [-0.15, -0.1) is 0 Å². The molecule has 1 aromatic heterocycles. The summed E-state index contributed by atoms with van der Waals surface area (Å²) in [6, 6.07) is 14.4. The lowest BCUT2D eigenvalue weighted by Crippen LogP contribution is -2.36. The van der Waals surface area contributed by atoms with Crippen LogP contribution in [0.1, 0.15) is 62.6 Å². The van der Waals surface area contributed by atoms with E-state index < -0.39 is 0 Å². The summed E-state index contributed by atoms with van der Waals surface area (Å²) in [6.07, 6.45) is 5.81. The van der Waals surface area contributed by atoms with E-state index in [0.29, 0.717) is 16.9 Å².